The molecule has 4 rings (SSSR count). The number of nitrogens with one attached hydrogen (secondary N) is 1. The summed E-state index contributed by atoms with van der Waals surface area (Å²) in [6.07, 6.45) is 1.67. The number of hydrogen-bond donors (Lipinski definition) is 1. The van der Waals surface area contributed by atoms with E-state index in [1.165, 1.54) is 26.8 Å². The summed E-state index contributed by atoms with van der Waals surface area (Å²) in [5.41, 5.74) is 6.16. The Labute approximate surface area is 174 Å². The lowest BCUT2D eigenvalue weighted by Gasteiger charge is -2.06. The molecule has 0 saturated carbocycles. The molecule has 1 N–H and O–H groups in total. The van der Waals surface area contributed by atoms with Gasteiger partial charge in [-0.25, -0.2) is 14.8 Å². The van der Waals surface area contributed by atoms with E-state index in [0.29, 0.717) is 29.6 Å². The normalized spacial score (nSPS) is 11.1. The third kappa shape index (κ3) is 3.41. The molecule has 0 saturated heterocycles. The predicted molar refractivity (Wildman–Crippen MR) is 116 cm³/mol. The van der Waals surface area contributed by atoms with Gasteiger partial charge < -0.3 is 14.6 Å². The van der Waals surface area contributed by atoms with Crippen molar-refractivity contribution in [2.45, 2.75) is 20.8 Å². The fourth-order valence-corrected chi connectivity index (χ4v) is 3.51. The first-order valence-corrected chi connectivity index (χ1v) is 9.76. The molecular weight excluding hydrogens is 380 g/mol. The maximum Gasteiger partial charge on any atom is 0.356 e. The summed E-state index contributed by atoms with van der Waals surface area (Å²) >= 11 is 0. The maximum atomic E-state index is 12.0. The smallest absolute Gasteiger partial charge is 0.356 e. The van der Waals surface area contributed by atoms with E-state index in [1.807, 2.05) is 6.07 Å². The molecule has 3 aromatic heterocycles. The number of hydrogen-bond acceptors (Lipinski definition) is 6. The summed E-state index contributed by atoms with van der Waals surface area (Å²) in [6, 6.07) is 9.64. The first kappa shape index (κ1) is 19.6. The minimum absolute atomic E-state index is 0.311. The number of esters is 1. The van der Waals surface area contributed by atoms with Crippen LogP contribution in [0.1, 0.15) is 28.7 Å². The quantitative estimate of drug-likeness (QED) is 0.508. The Hall–Kier alpha value is -3.68. The van der Waals surface area contributed by atoms with E-state index in [-0.39, 0.29) is 0 Å². The second kappa shape index (κ2) is 7.62. The van der Waals surface area contributed by atoms with Crippen LogP contribution in [0.15, 0.2) is 36.5 Å². The molecule has 0 radical (unpaired) electrons. The lowest BCUT2D eigenvalue weighted by Crippen LogP contribution is -2.10. The average Bonchev–Trinajstić information content (AvgIpc) is 3.22. The van der Waals surface area contributed by atoms with Gasteiger partial charge in [-0.05, 0) is 50.6 Å². The number of rotatable bonds is 5. The topological polar surface area (TPSA) is 86.9 Å². The number of carbonyl (C=O) groups is 1. The number of anilines is 2. The Bertz CT molecular complexity index is 1250. The summed E-state index contributed by atoms with van der Waals surface area (Å²) in [5.74, 6) is 0.0495. The lowest BCUT2D eigenvalue weighted by molar-refractivity contribution is 0.0513. The summed E-state index contributed by atoms with van der Waals surface area (Å²) in [7, 11) is 3.78. The van der Waals surface area contributed by atoms with Crippen LogP contribution in [-0.4, -0.2) is 36.9 Å². The Morgan fingerprint density at radius 2 is 1.93 bits per heavy atom. The van der Waals surface area contributed by atoms with Gasteiger partial charge in [0.15, 0.2) is 0 Å². The van der Waals surface area contributed by atoms with Gasteiger partial charge in [0.1, 0.15) is 11.4 Å². The van der Waals surface area contributed by atoms with Crippen LogP contribution in [-0.2, 0) is 18.8 Å². The number of aryl methyl sites for hydroxylation is 3. The van der Waals surface area contributed by atoms with Crippen molar-refractivity contribution in [3.8, 4) is 11.4 Å². The highest BCUT2D eigenvalue weighted by atomic mass is 16.5. The fourth-order valence-electron chi connectivity index (χ4n) is 3.51. The Morgan fingerprint density at radius 3 is 2.70 bits per heavy atom. The van der Waals surface area contributed by atoms with Gasteiger partial charge in [0.2, 0.25) is 5.95 Å². The van der Waals surface area contributed by atoms with Crippen LogP contribution >= 0.6 is 0 Å². The zero-order valence-corrected chi connectivity index (χ0v) is 17.7. The van der Waals surface area contributed by atoms with Crippen LogP contribution < -0.4 is 5.32 Å². The predicted octanol–water partition coefficient (Wildman–Crippen LogP) is 3.91. The molecule has 1 aromatic carbocycles. The maximum absolute atomic E-state index is 12.0. The Morgan fingerprint density at radius 1 is 1.13 bits per heavy atom. The van der Waals surface area contributed by atoms with Crippen molar-refractivity contribution in [2.75, 3.05) is 11.9 Å². The molecule has 0 amide bonds. The standard InChI is InChI=1S/C22H24N6O2/c1-6-30-21(29)20-12-18(26-28(20)5)17-9-10-23-22(25-17)24-15-7-8-19-16(11-15)13(2)14(3)27(19)4/h7-12H,6H2,1-5H3,(H,23,24,25). The molecule has 8 nitrogen and oxygen atoms in total. The minimum atomic E-state index is -0.409. The molecule has 0 atom stereocenters. The Balaban J connectivity index is 1.63. The third-order valence-corrected chi connectivity index (χ3v) is 5.35. The van der Waals surface area contributed by atoms with Gasteiger partial charge in [0.25, 0.3) is 0 Å². The third-order valence-electron chi connectivity index (χ3n) is 5.35. The van der Waals surface area contributed by atoms with Gasteiger partial charge in [-0.3, -0.25) is 4.68 Å². The van der Waals surface area contributed by atoms with Crippen molar-refractivity contribution in [1.29, 1.82) is 0 Å². The molecule has 0 aliphatic carbocycles. The highest BCUT2D eigenvalue weighted by Gasteiger charge is 2.16. The minimum Gasteiger partial charge on any atom is -0.461 e. The van der Waals surface area contributed by atoms with Crippen LogP contribution in [0.4, 0.5) is 11.6 Å². The van der Waals surface area contributed by atoms with Gasteiger partial charge in [0, 0.05) is 48.6 Å². The molecule has 0 fully saturated rings. The van der Waals surface area contributed by atoms with Gasteiger partial charge in [-0.15, -0.1) is 0 Å². The molecule has 0 aliphatic heterocycles. The van der Waals surface area contributed by atoms with Crippen molar-refractivity contribution in [1.82, 2.24) is 24.3 Å². The van der Waals surface area contributed by atoms with E-state index in [2.05, 4.69) is 58.0 Å². The van der Waals surface area contributed by atoms with Crippen molar-refractivity contribution in [2.24, 2.45) is 14.1 Å². The Kier molecular flexibility index (Phi) is 4.99. The zero-order chi connectivity index (χ0) is 21.4. The summed E-state index contributed by atoms with van der Waals surface area (Å²) in [4.78, 5) is 20.9. The van der Waals surface area contributed by atoms with Crippen molar-refractivity contribution < 1.29 is 9.53 Å². The number of nitrogens with zero attached hydrogens (tertiary/aromatic N) is 5. The van der Waals surface area contributed by atoms with Crippen LogP contribution in [0.25, 0.3) is 22.3 Å². The zero-order valence-electron chi connectivity index (χ0n) is 17.7. The number of carbonyl (C=O) groups excluding carboxylic acids is 1. The summed E-state index contributed by atoms with van der Waals surface area (Å²) in [5, 5.41) is 8.86. The van der Waals surface area contributed by atoms with E-state index in [9.17, 15) is 4.79 Å². The van der Waals surface area contributed by atoms with E-state index in [1.54, 1.807) is 32.3 Å². The highest BCUT2D eigenvalue weighted by Crippen LogP contribution is 2.28. The lowest BCUT2D eigenvalue weighted by atomic mass is 10.1. The summed E-state index contributed by atoms with van der Waals surface area (Å²) in [6.45, 7) is 6.33. The highest BCUT2D eigenvalue weighted by molar-refractivity contribution is 5.89. The van der Waals surface area contributed by atoms with Gasteiger partial charge >= 0.3 is 5.97 Å². The largest absolute Gasteiger partial charge is 0.461 e. The van der Waals surface area contributed by atoms with Crippen LogP contribution in [0.2, 0.25) is 0 Å². The van der Waals surface area contributed by atoms with Crippen LogP contribution in [0, 0.1) is 13.8 Å². The van der Waals surface area contributed by atoms with Crippen molar-refractivity contribution in [3.63, 3.8) is 0 Å². The van der Waals surface area contributed by atoms with E-state index < -0.39 is 5.97 Å². The molecule has 30 heavy (non-hydrogen) atoms. The number of aromatic nitrogens is 5. The molecule has 8 heteroatoms. The van der Waals surface area contributed by atoms with Crippen molar-refractivity contribution >= 4 is 28.5 Å². The number of ether oxygens (including phenoxy) is 1. The second-order valence-corrected chi connectivity index (χ2v) is 7.15. The molecule has 0 unspecified atom stereocenters. The number of fused-ring (bicyclic) bond motifs is 1. The molecule has 4 aromatic rings. The molecule has 0 bridgehead atoms. The summed E-state index contributed by atoms with van der Waals surface area (Å²) < 4.78 is 8.75. The van der Waals surface area contributed by atoms with E-state index >= 15 is 0 Å². The van der Waals surface area contributed by atoms with E-state index in [0.717, 1.165) is 5.69 Å². The molecule has 0 aliphatic rings. The van der Waals surface area contributed by atoms with Gasteiger partial charge in [-0.2, -0.15) is 5.10 Å². The number of benzene rings is 1. The van der Waals surface area contributed by atoms with Gasteiger partial charge in [0.05, 0.1) is 12.3 Å². The monoisotopic (exact) mass is 404 g/mol. The molecular formula is C22H24N6O2. The first-order valence-electron chi connectivity index (χ1n) is 9.76. The average molecular weight is 404 g/mol. The van der Waals surface area contributed by atoms with Crippen molar-refractivity contribution in [3.05, 3.63) is 53.5 Å². The molecule has 154 valence electrons. The second-order valence-electron chi connectivity index (χ2n) is 7.15. The fraction of sp³-hybridized carbons (Fsp3) is 0.273. The SMILES string of the molecule is CCOC(=O)c1cc(-c2ccnc(Nc3ccc4c(c3)c(C)c(C)n4C)n2)nn1C. The van der Waals surface area contributed by atoms with Crippen LogP contribution in [0.5, 0.6) is 0 Å². The first-order chi connectivity index (χ1) is 14.4. The van der Waals surface area contributed by atoms with E-state index in [4.69, 9.17) is 4.74 Å². The van der Waals surface area contributed by atoms with Gasteiger partial charge in [-0.1, -0.05) is 0 Å². The molecule has 3 heterocycles. The molecule has 0 spiro atoms. The van der Waals surface area contributed by atoms with Crippen LogP contribution in [0.3, 0.4) is 0 Å².